The molecule has 1 aromatic heterocycles. The predicted molar refractivity (Wildman–Crippen MR) is 83.4 cm³/mol. The van der Waals surface area contributed by atoms with Gasteiger partial charge >= 0.3 is 12.0 Å². The van der Waals surface area contributed by atoms with E-state index in [-0.39, 0.29) is 19.0 Å². The summed E-state index contributed by atoms with van der Waals surface area (Å²) in [6.45, 7) is 0.0668. The molecule has 0 radical (unpaired) electrons. The Morgan fingerprint density at radius 2 is 1.96 bits per heavy atom. The van der Waals surface area contributed by atoms with Gasteiger partial charge < -0.3 is 19.2 Å². The number of benzene rings is 1. The van der Waals surface area contributed by atoms with E-state index in [1.54, 1.807) is 18.2 Å². The van der Waals surface area contributed by atoms with Gasteiger partial charge in [0.2, 0.25) is 0 Å². The molecule has 3 N–H and O–H groups in total. The van der Waals surface area contributed by atoms with Gasteiger partial charge in [0.1, 0.15) is 30.8 Å². The van der Waals surface area contributed by atoms with E-state index in [1.807, 2.05) is 18.2 Å². The summed E-state index contributed by atoms with van der Waals surface area (Å²) >= 11 is 0. The van der Waals surface area contributed by atoms with Gasteiger partial charge in [-0.3, -0.25) is 20.4 Å². The second kappa shape index (κ2) is 7.39. The van der Waals surface area contributed by atoms with E-state index < -0.39 is 23.9 Å². The van der Waals surface area contributed by atoms with Crippen LogP contribution in [0.4, 0.5) is 4.79 Å². The van der Waals surface area contributed by atoms with Gasteiger partial charge in [0.05, 0.1) is 0 Å². The van der Waals surface area contributed by atoms with Gasteiger partial charge in [0.25, 0.3) is 5.91 Å². The number of amides is 3. The minimum atomic E-state index is -0.848. The third kappa shape index (κ3) is 4.28. The zero-order valence-electron chi connectivity index (χ0n) is 13.0. The van der Waals surface area contributed by atoms with Gasteiger partial charge in [-0.05, 0) is 24.3 Å². The number of para-hydroxylation sites is 1. The summed E-state index contributed by atoms with van der Waals surface area (Å²) in [6, 6.07) is 11.4. The van der Waals surface area contributed by atoms with Gasteiger partial charge in [-0.2, -0.15) is 0 Å². The number of hydrazine groups is 1. The third-order valence-corrected chi connectivity index (χ3v) is 3.30. The molecule has 3 amide bonds. The van der Waals surface area contributed by atoms with E-state index in [2.05, 4.69) is 20.9 Å². The van der Waals surface area contributed by atoms with Crippen molar-refractivity contribution in [2.75, 3.05) is 6.61 Å². The zero-order valence-corrected chi connectivity index (χ0v) is 13.0. The lowest BCUT2D eigenvalue weighted by Crippen LogP contribution is -2.50. The van der Waals surface area contributed by atoms with Gasteiger partial charge in [-0.1, -0.05) is 18.2 Å². The first-order valence-electron chi connectivity index (χ1n) is 7.42. The average molecular weight is 345 g/mol. The van der Waals surface area contributed by atoms with Crippen molar-refractivity contribution in [3.63, 3.8) is 0 Å². The fourth-order valence-corrected chi connectivity index (χ4v) is 2.04. The van der Waals surface area contributed by atoms with Crippen molar-refractivity contribution in [2.24, 2.45) is 0 Å². The number of nitrogens with one attached hydrogen (secondary N) is 3. The van der Waals surface area contributed by atoms with Crippen LogP contribution in [0, 0.1) is 0 Å². The Morgan fingerprint density at radius 3 is 2.68 bits per heavy atom. The van der Waals surface area contributed by atoms with E-state index in [4.69, 9.17) is 9.15 Å². The van der Waals surface area contributed by atoms with Gasteiger partial charge in [-0.25, -0.2) is 4.79 Å². The molecule has 0 spiro atoms. The maximum atomic E-state index is 11.9. The number of hydrogen-bond acceptors (Lipinski definition) is 6. The Morgan fingerprint density at radius 1 is 1.16 bits per heavy atom. The van der Waals surface area contributed by atoms with Crippen molar-refractivity contribution in [3.8, 4) is 5.75 Å². The standard InChI is InChI=1S/C16H15N3O6/c20-14(12-9-24-16(22)17-12)18-19-15(21)13-7-6-11(25-13)8-23-10-4-2-1-3-5-10/h1-7,12H,8-9H2,(H,17,22)(H,18,20)(H,19,21). The highest BCUT2D eigenvalue weighted by atomic mass is 16.6. The monoisotopic (exact) mass is 345 g/mol. The van der Waals surface area contributed by atoms with E-state index in [0.717, 1.165) is 0 Å². The SMILES string of the molecule is O=C1NC(C(=O)NNC(=O)c2ccc(COc3ccccc3)o2)CO1. The number of furan rings is 1. The molecule has 9 heteroatoms. The van der Waals surface area contributed by atoms with Crippen molar-refractivity contribution in [1.29, 1.82) is 0 Å². The number of rotatable bonds is 5. The fourth-order valence-electron chi connectivity index (χ4n) is 2.04. The minimum Gasteiger partial charge on any atom is -0.486 e. The maximum Gasteiger partial charge on any atom is 0.407 e. The molecule has 25 heavy (non-hydrogen) atoms. The average Bonchev–Trinajstić information content (AvgIpc) is 3.27. The Labute approximate surface area is 142 Å². The van der Waals surface area contributed by atoms with Crippen molar-refractivity contribution >= 4 is 17.9 Å². The van der Waals surface area contributed by atoms with Crippen molar-refractivity contribution in [2.45, 2.75) is 12.6 Å². The van der Waals surface area contributed by atoms with Crippen molar-refractivity contribution < 1.29 is 28.3 Å². The summed E-state index contributed by atoms with van der Waals surface area (Å²) in [5.74, 6) is -0.0867. The normalized spacial score (nSPS) is 15.8. The number of carbonyl (C=O) groups is 3. The molecule has 0 aliphatic carbocycles. The number of ether oxygens (including phenoxy) is 2. The van der Waals surface area contributed by atoms with E-state index in [1.165, 1.54) is 6.07 Å². The summed E-state index contributed by atoms with van der Waals surface area (Å²) in [7, 11) is 0. The summed E-state index contributed by atoms with van der Waals surface area (Å²) in [5, 5.41) is 2.29. The first-order chi connectivity index (χ1) is 12.1. The molecule has 130 valence electrons. The molecule has 0 bridgehead atoms. The third-order valence-electron chi connectivity index (χ3n) is 3.30. The summed E-state index contributed by atoms with van der Waals surface area (Å²) < 4.78 is 15.5. The van der Waals surface area contributed by atoms with Crippen LogP contribution in [0.3, 0.4) is 0 Å². The number of cyclic esters (lactones) is 1. The molecule has 1 aromatic carbocycles. The van der Waals surface area contributed by atoms with Crippen LogP contribution in [-0.2, 0) is 16.1 Å². The molecular formula is C16H15N3O6. The van der Waals surface area contributed by atoms with Crippen molar-refractivity contribution in [1.82, 2.24) is 16.2 Å². The van der Waals surface area contributed by atoms with Crippen LogP contribution in [0.5, 0.6) is 5.75 Å². The van der Waals surface area contributed by atoms with E-state index >= 15 is 0 Å². The molecule has 1 fully saturated rings. The fraction of sp³-hybridized carbons (Fsp3) is 0.188. The van der Waals surface area contributed by atoms with Gasteiger partial charge in [-0.15, -0.1) is 0 Å². The molecule has 1 atom stereocenters. The van der Waals surface area contributed by atoms with Gasteiger partial charge in [0, 0.05) is 0 Å². The zero-order chi connectivity index (χ0) is 17.6. The molecule has 2 aromatic rings. The lowest BCUT2D eigenvalue weighted by molar-refractivity contribution is -0.123. The highest BCUT2D eigenvalue weighted by molar-refractivity contribution is 5.94. The lowest BCUT2D eigenvalue weighted by Gasteiger charge is -2.09. The summed E-state index contributed by atoms with van der Waals surface area (Å²) in [5.41, 5.74) is 4.38. The van der Waals surface area contributed by atoms with Gasteiger partial charge in [0.15, 0.2) is 5.76 Å². The Bertz CT molecular complexity index is 773. The maximum absolute atomic E-state index is 11.9. The quantitative estimate of drug-likeness (QED) is 0.687. The second-order valence-electron chi connectivity index (χ2n) is 5.11. The van der Waals surface area contributed by atoms with E-state index in [0.29, 0.717) is 11.5 Å². The molecule has 0 saturated carbocycles. The molecule has 1 aliphatic rings. The number of alkyl carbamates (subject to hydrolysis) is 1. The van der Waals surface area contributed by atoms with Crippen LogP contribution in [0.1, 0.15) is 16.3 Å². The van der Waals surface area contributed by atoms with Crippen LogP contribution in [0.2, 0.25) is 0 Å². The highest BCUT2D eigenvalue weighted by Crippen LogP contribution is 2.13. The molecular weight excluding hydrogens is 330 g/mol. The van der Waals surface area contributed by atoms with Crippen LogP contribution in [-0.4, -0.2) is 30.6 Å². The Hall–Kier alpha value is -3.49. The van der Waals surface area contributed by atoms with Crippen LogP contribution >= 0.6 is 0 Å². The first kappa shape index (κ1) is 16.4. The smallest absolute Gasteiger partial charge is 0.407 e. The summed E-state index contributed by atoms with van der Waals surface area (Å²) in [6.07, 6.45) is -0.680. The highest BCUT2D eigenvalue weighted by Gasteiger charge is 2.29. The molecule has 1 saturated heterocycles. The Kier molecular flexibility index (Phi) is 4.84. The lowest BCUT2D eigenvalue weighted by atomic mass is 10.3. The summed E-state index contributed by atoms with van der Waals surface area (Å²) in [4.78, 5) is 34.5. The van der Waals surface area contributed by atoms with Crippen molar-refractivity contribution in [3.05, 3.63) is 54.0 Å². The molecule has 3 rings (SSSR count). The number of hydrogen-bond donors (Lipinski definition) is 3. The first-order valence-corrected chi connectivity index (χ1v) is 7.42. The van der Waals surface area contributed by atoms with Crippen LogP contribution < -0.4 is 20.9 Å². The van der Waals surface area contributed by atoms with Crippen LogP contribution in [0.25, 0.3) is 0 Å². The topological polar surface area (TPSA) is 119 Å². The molecule has 9 nitrogen and oxygen atoms in total. The Balaban J connectivity index is 1.47. The molecule has 1 unspecified atom stereocenters. The largest absolute Gasteiger partial charge is 0.486 e. The molecule has 2 heterocycles. The predicted octanol–water partition coefficient (Wildman–Crippen LogP) is 0.728. The van der Waals surface area contributed by atoms with E-state index in [9.17, 15) is 14.4 Å². The van der Waals surface area contributed by atoms with Crippen LogP contribution in [0.15, 0.2) is 46.9 Å². The number of carbonyl (C=O) groups excluding carboxylic acids is 3. The molecule has 1 aliphatic heterocycles. The second-order valence-corrected chi connectivity index (χ2v) is 5.11. The minimum absolute atomic E-state index is 0.0127.